The minimum Gasteiger partial charge on any atom is -0.452 e. The molecule has 32 heavy (non-hydrogen) atoms. The maximum absolute atomic E-state index is 12.9. The number of carbonyl (C=O) groups excluding carboxylic acids is 2. The van der Waals surface area contributed by atoms with Gasteiger partial charge in [-0.05, 0) is 66.8 Å². The first-order chi connectivity index (χ1) is 15.2. The molecule has 0 bridgehead atoms. The smallest absolute Gasteiger partial charge is 0.338 e. The number of ether oxygens (including phenoxy) is 1. The number of nitrogens with zero attached hydrogens (tertiary/aromatic N) is 2. The standard InChI is InChI=1S/C23H25N3O5S/c1-16-11-17(2)14-26(13-16)32(29,30)21-9-5-19(6-10-21)23(28)31-15-22(27)25-20-7-3-18(12-24)4-8-20/h3-10,16-17H,11,13-15H2,1-2H3,(H,25,27)/t16-,17+. The van der Waals surface area contributed by atoms with Crippen LogP contribution in [0.5, 0.6) is 0 Å². The van der Waals surface area contributed by atoms with Crippen LogP contribution in [-0.4, -0.2) is 44.3 Å². The van der Waals surface area contributed by atoms with Gasteiger partial charge in [-0.1, -0.05) is 13.8 Å². The molecule has 2 atom stereocenters. The Morgan fingerprint density at radius 1 is 1.06 bits per heavy atom. The molecule has 0 aromatic heterocycles. The summed E-state index contributed by atoms with van der Waals surface area (Å²) < 4.78 is 32.4. The van der Waals surface area contributed by atoms with Crippen LogP contribution in [-0.2, 0) is 19.6 Å². The number of anilines is 1. The van der Waals surface area contributed by atoms with Crippen molar-refractivity contribution in [3.8, 4) is 6.07 Å². The van der Waals surface area contributed by atoms with E-state index in [9.17, 15) is 18.0 Å². The molecule has 2 aromatic rings. The van der Waals surface area contributed by atoms with Crippen molar-refractivity contribution in [2.24, 2.45) is 11.8 Å². The zero-order chi connectivity index (χ0) is 23.3. The predicted molar refractivity (Wildman–Crippen MR) is 118 cm³/mol. The van der Waals surface area contributed by atoms with Gasteiger partial charge in [0.1, 0.15) is 0 Å². The summed E-state index contributed by atoms with van der Waals surface area (Å²) in [7, 11) is -3.64. The molecule has 0 saturated carbocycles. The molecule has 1 saturated heterocycles. The average molecular weight is 456 g/mol. The fourth-order valence-corrected chi connectivity index (χ4v) is 5.43. The molecule has 1 amide bonds. The van der Waals surface area contributed by atoms with Crippen LogP contribution in [0.15, 0.2) is 53.4 Å². The Kier molecular flexibility index (Phi) is 7.28. The third kappa shape index (κ3) is 5.72. The number of carbonyl (C=O) groups is 2. The third-order valence-electron chi connectivity index (χ3n) is 5.20. The summed E-state index contributed by atoms with van der Waals surface area (Å²) in [5.41, 5.74) is 1.08. The van der Waals surface area contributed by atoms with Gasteiger partial charge in [0.25, 0.3) is 5.91 Å². The fraction of sp³-hybridized carbons (Fsp3) is 0.348. The molecule has 0 aliphatic carbocycles. The van der Waals surface area contributed by atoms with Crippen LogP contribution in [0.25, 0.3) is 0 Å². The van der Waals surface area contributed by atoms with Gasteiger partial charge in [0, 0.05) is 18.8 Å². The summed E-state index contributed by atoms with van der Waals surface area (Å²) in [6.07, 6.45) is 0.996. The summed E-state index contributed by atoms with van der Waals surface area (Å²) in [6, 6.07) is 13.8. The van der Waals surface area contributed by atoms with E-state index >= 15 is 0 Å². The van der Waals surface area contributed by atoms with E-state index in [1.54, 1.807) is 24.3 Å². The predicted octanol–water partition coefficient (Wildman–Crippen LogP) is 3.02. The van der Waals surface area contributed by atoms with E-state index in [4.69, 9.17) is 10.00 Å². The van der Waals surface area contributed by atoms with Crippen LogP contribution < -0.4 is 5.32 Å². The summed E-state index contributed by atoms with van der Waals surface area (Å²) >= 11 is 0. The number of nitriles is 1. The molecule has 1 fully saturated rings. The molecule has 168 valence electrons. The number of esters is 1. The summed E-state index contributed by atoms with van der Waals surface area (Å²) in [6.45, 7) is 4.53. The van der Waals surface area contributed by atoms with E-state index in [0.29, 0.717) is 36.2 Å². The number of hydrogen-bond acceptors (Lipinski definition) is 6. The van der Waals surface area contributed by atoms with Gasteiger partial charge in [0.05, 0.1) is 22.1 Å². The zero-order valence-electron chi connectivity index (χ0n) is 17.9. The Balaban J connectivity index is 1.57. The van der Waals surface area contributed by atoms with Gasteiger partial charge in [-0.3, -0.25) is 4.79 Å². The SMILES string of the molecule is C[C@@H]1C[C@H](C)CN(S(=O)(=O)c2ccc(C(=O)OCC(=O)Nc3ccc(C#N)cc3)cc2)C1. The second-order valence-electron chi connectivity index (χ2n) is 8.11. The molecule has 1 aliphatic heterocycles. The Bertz CT molecular complexity index is 1110. The second kappa shape index (κ2) is 9.94. The molecule has 0 spiro atoms. The quantitative estimate of drug-likeness (QED) is 0.669. The molecule has 9 heteroatoms. The van der Waals surface area contributed by atoms with E-state index < -0.39 is 28.5 Å². The number of benzene rings is 2. The zero-order valence-corrected chi connectivity index (χ0v) is 18.8. The number of piperidine rings is 1. The van der Waals surface area contributed by atoms with Crippen LogP contribution in [0.2, 0.25) is 0 Å². The first-order valence-corrected chi connectivity index (χ1v) is 11.7. The number of amides is 1. The van der Waals surface area contributed by atoms with Gasteiger partial charge in [-0.25, -0.2) is 13.2 Å². The topological polar surface area (TPSA) is 117 Å². The lowest BCUT2D eigenvalue weighted by molar-refractivity contribution is -0.119. The van der Waals surface area contributed by atoms with Crippen molar-refractivity contribution in [2.45, 2.75) is 25.2 Å². The average Bonchev–Trinajstić information content (AvgIpc) is 2.77. The highest BCUT2D eigenvalue weighted by molar-refractivity contribution is 7.89. The second-order valence-corrected chi connectivity index (χ2v) is 10.0. The lowest BCUT2D eigenvalue weighted by atomic mass is 9.94. The molecule has 0 unspecified atom stereocenters. The molecular formula is C23H25N3O5S. The van der Waals surface area contributed by atoms with Gasteiger partial charge in [0.2, 0.25) is 10.0 Å². The van der Waals surface area contributed by atoms with E-state index in [0.717, 1.165) is 6.42 Å². The largest absolute Gasteiger partial charge is 0.452 e. The monoisotopic (exact) mass is 455 g/mol. The van der Waals surface area contributed by atoms with Crippen molar-refractivity contribution < 1.29 is 22.7 Å². The number of sulfonamides is 1. The first-order valence-electron chi connectivity index (χ1n) is 10.3. The van der Waals surface area contributed by atoms with Gasteiger partial charge >= 0.3 is 5.97 Å². The van der Waals surface area contributed by atoms with E-state index in [2.05, 4.69) is 5.32 Å². The Labute approximate surface area is 187 Å². The highest BCUT2D eigenvalue weighted by atomic mass is 32.2. The van der Waals surface area contributed by atoms with Crippen LogP contribution in [0.4, 0.5) is 5.69 Å². The van der Waals surface area contributed by atoms with E-state index in [-0.39, 0.29) is 10.5 Å². The maximum Gasteiger partial charge on any atom is 0.338 e. The lowest BCUT2D eigenvalue weighted by Crippen LogP contribution is -2.42. The molecule has 1 aliphatic rings. The first kappa shape index (κ1) is 23.4. The lowest BCUT2D eigenvalue weighted by Gasteiger charge is -2.34. The van der Waals surface area contributed by atoms with Crippen molar-refractivity contribution in [1.82, 2.24) is 4.31 Å². The highest BCUT2D eigenvalue weighted by Gasteiger charge is 2.31. The van der Waals surface area contributed by atoms with Gasteiger partial charge in [-0.15, -0.1) is 0 Å². The Morgan fingerprint density at radius 3 is 2.22 bits per heavy atom. The van der Waals surface area contributed by atoms with E-state index in [1.165, 1.54) is 28.6 Å². The maximum atomic E-state index is 12.9. The van der Waals surface area contributed by atoms with Crippen molar-refractivity contribution in [2.75, 3.05) is 25.0 Å². The molecule has 8 nitrogen and oxygen atoms in total. The Hall–Kier alpha value is -3.22. The van der Waals surface area contributed by atoms with Crippen molar-refractivity contribution in [3.05, 3.63) is 59.7 Å². The molecule has 1 heterocycles. The molecule has 3 rings (SSSR count). The number of nitrogens with one attached hydrogen (secondary N) is 1. The molecular weight excluding hydrogens is 430 g/mol. The number of rotatable bonds is 6. The summed E-state index contributed by atoms with van der Waals surface area (Å²) in [4.78, 5) is 24.3. The molecule has 0 radical (unpaired) electrons. The van der Waals surface area contributed by atoms with Crippen LogP contribution in [0.1, 0.15) is 36.2 Å². The highest BCUT2D eigenvalue weighted by Crippen LogP contribution is 2.26. The minimum absolute atomic E-state index is 0.119. The molecule has 2 aromatic carbocycles. The number of hydrogen-bond donors (Lipinski definition) is 1. The third-order valence-corrected chi connectivity index (χ3v) is 7.04. The van der Waals surface area contributed by atoms with Crippen LogP contribution >= 0.6 is 0 Å². The molecule has 1 N–H and O–H groups in total. The van der Waals surface area contributed by atoms with Gasteiger partial charge < -0.3 is 10.1 Å². The van der Waals surface area contributed by atoms with Crippen molar-refractivity contribution in [1.29, 1.82) is 5.26 Å². The Morgan fingerprint density at radius 2 is 1.66 bits per heavy atom. The normalized spacial score (nSPS) is 19.0. The van der Waals surface area contributed by atoms with E-state index in [1.807, 2.05) is 19.9 Å². The van der Waals surface area contributed by atoms with Gasteiger partial charge in [-0.2, -0.15) is 9.57 Å². The van der Waals surface area contributed by atoms with Gasteiger partial charge in [0.15, 0.2) is 6.61 Å². The van der Waals surface area contributed by atoms with Crippen LogP contribution in [0.3, 0.4) is 0 Å². The summed E-state index contributed by atoms with van der Waals surface area (Å²) in [5, 5.41) is 11.3. The van der Waals surface area contributed by atoms with Crippen molar-refractivity contribution >= 4 is 27.6 Å². The van der Waals surface area contributed by atoms with Crippen molar-refractivity contribution in [3.63, 3.8) is 0 Å². The summed E-state index contributed by atoms with van der Waals surface area (Å²) in [5.74, 6) is -0.684. The van der Waals surface area contributed by atoms with Crippen LogP contribution in [0, 0.1) is 23.2 Å². The fourth-order valence-electron chi connectivity index (χ4n) is 3.75. The minimum atomic E-state index is -3.64.